The van der Waals surface area contributed by atoms with E-state index in [-0.39, 0.29) is 18.8 Å². The van der Waals surface area contributed by atoms with Crippen LogP contribution in [0.25, 0.3) is 15.9 Å². The molecular weight excluding hydrogens is 390 g/mol. The van der Waals surface area contributed by atoms with Gasteiger partial charge in [0.25, 0.3) is 6.43 Å². The molecule has 4 aromatic heterocycles. The second kappa shape index (κ2) is 6.89. The molecule has 4 rings (SSSR count). The number of aryl methyl sites for hydroxylation is 2. The Morgan fingerprint density at radius 2 is 2.11 bits per heavy atom. The maximum atomic E-state index is 12.9. The summed E-state index contributed by atoms with van der Waals surface area (Å²) in [7, 11) is 0. The highest BCUT2D eigenvalue weighted by molar-refractivity contribution is 7.20. The molecule has 0 aliphatic carbocycles. The van der Waals surface area contributed by atoms with Gasteiger partial charge in [-0.05, 0) is 32.4 Å². The number of thiophene rings is 1. The molecule has 0 radical (unpaired) electrons. The Morgan fingerprint density at radius 3 is 2.79 bits per heavy atom. The minimum atomic E-state index is -2.63. The van der Waals surface area contributed by atoms with Gasteiger partial charge in [0.15, 0.2) is 11.5 Å². The topological polar surface area (TPSA) is 87.2 Å². The van der Waals surface area contributed by atoms with Gasteiger partial charge < -0.3 is 4.74 Å². The van der Waals surface area contributed by atoms with Crippen LogP contribution in [0, 0.1) is 13.8 Å². The number of hydrogen-bond acceptors (Lipinski definition) is 7. The van der Waals surface area contributed by atoms with Crippen LogP contribution in [0.15, 0.2) is 12.4 Å². The number of halogens is 2. The summed E-state index contributed by atoms with van der Waals surface area (Å²) in [6.45, 7) is 5.69. The van der Waals surface area contributed by atoms with Gasteiger partial charge in [0, 0.05) is 5.69 Å². The predicted molar refractivity (Wildman–Crippen MR) is 97.9 cm³/mol. The minimum absolute atomic E-state index is 0.148. The molecule has 0 unspecified atom stereocenters. The van der Waals surface area contributed by atoms with Crippen molar-refractivity contribution in [1.82, 2.24) is 29.4 Å². The Labute approximate surface area is 161 Å². The van der Waals surface area contributed by atoms with Crippen molar-refractivity contribution in [3.8, 4) is 0 Å². The number of fused-ring (bicyclic) bond motifs is 3. The van der Waals surface area contributed by atoms with Gasteiger partial charge in [-0.2, -0.15) is 5.10 Å². The van der Waals surface area contributed by atoms with Crippen molar-refractivity contribution in [2.24, 2.45) is 0 Å². The van der Waals surface area contributed by atoms with Crippen molar-refractivity contribution in [3.05, 3.63) is 40.0 Å². The lowest BCUT2D eigenvalue weighted by Gasteiger charge is -1.99. The van der Waals surface area contributed by atoms with E-state index in [1.807, 2.05) is 6.92 Å². The molecule has 0 amide bonds. The maximum absolute atomic E-state index is 12.9. The van der Waals surface area contributed by atoms with Crippen molar-refractivity contribution < 1.29 is 18.3 Å². The van der Waals surface area contributed by atoms with E-state index in [2.05, 4.69) is 20.2 Å². The van der Waals surface area contributed by atoms with Crippen molar-refractivity contribution in [3.63, 3.8) is 0 Å². The van der Waals surface area contributed by atoms with Crippen LogP contribution in [-0.2, 0) is 11.3 Å². The molecule has 0 aliphatic heterocycles. The highest BCUT2D eigenvalue weighted by Crippen LogP contribution is 2.32. The summed E-state index contributed by atoms with van der Waals surface area (Å²) < 4.78 is 33.8. The Morgan fingerprint density at radius 1 is 1.32 bits per heavy atom. The summed E-state index contributed by atoms with van der Waals surface area (Å²) in [5.74, 6) is 0.0113. The van der Waals surface area contributed by atoms with Gasteiger partial charge in [0.1, 0.15) is 28.3 Å². The molecule has 8 nitrogen and oxygen atoms in total. The average molecular weight is 406 g/mol. The normalized spacial score (nSPS) is 11.8. The quantitative estimate of drug-likeness (QED) is 0.473. The molecule has 4 heterocycles. The summed E-state index contributed by atoms with van der Waals surface area (Å²) in [6.07, 6.45) is -1.12. The molecule has 0 N–H and O–H groups in total. The first-order valence-corrected chi connectivity index (χ1v) is 9.33. The molecule has 28 heavy (non-hydrogen) atoms. The van der Waals surface area contributed by atoms with Crippen LogP contribution < -0.4 is 0 Å². The van der Waals surface area contributed by atoms with Gasteiger partial charge in [-0.3, -0.25) is 4.68 Å². The Balaban J connectivity index is 1.76. The summed E-state index contributed by atoms with van der Waals surface area (Å²) in [6, 6.07) is 1.34. The van der Waals surface area contributed by atoms with E-state index in [1.165, 1.54) is 32.9 Å². The number of esters is 1. The third-order valence-corrected chi connectivity index (χ3v) is 5.47. The first-order chi connectivity index (χ1) is 13.4. The minimum Gasteiger partial charge on any atom is -0.462 e. The van der Waals surface area contributed by atoms with Crippen molar-refractivity contribution in [1.29, 1.82) is 0 Å². The van der Waals surface area contributed by atoms with E-state index in [0.29, 0.717) is 26.9 Å². The number of aromatic nitrogens is 6. The van der Waals surface area contributed by atoms with E-state index in [4.69, 9.17) is 4.74 Å². The molecular formula is C17H16F2N6O2S. The Hall–Kier alpha value is -2.95. The van der Waals surface area contributed by atoms with Crippen LogP contribution in [0.4, 0.5) is 8.78 Å². The zero-order chi connectivity index (χ0) is 20.0. The van der Waals surface area contributed by atoms with Crippen LogP contribution in [0.5, 0.6) is 0 Å². The third kappa shape index (κ3) is 3.01. The second-order valence-corrected chi connectivity index (χ2v) is 7.17. The van der Waals surface area contributed by atoms with Gasteiger partial charge >= 0.3 is 5.97 Å². The molecule has 0 saturated heterocycles. The molecule has 0 bridgehead atoms. The van der Waals surface area contributed by atoms with Crippen molar-refractivity contribution in [2.45, 2.75) is 33.7 Å². The lowest BCUT2D eigenvalue weighted by Crippen LogP contribution is -2.06. The SMILES string of the molecule is CCOC(=O)c1sc2ncn3nc(Cn4nc(C(F)F)cc4C)nc3c2c1C. The molecule has 0 fully saturated rings. The van der Waals surface area contributed by atoms with Gasteiger partial charge in [0.2, 0.25) is 0 Å². The summed E-state index contributed by atoms with van der Waals surface area (Å²) >= 11 is 1.24. The van der Waals surface area contributed by atoms with Crippen molar-refractivity contribution in [2.75, 3.05) is 6.61 Å². The van der Waals surface area contributed by atoms with E-state index < -0.39 is 12.4 Å². The van der Waals surface area contributed by atoms with E-state index in [1.54, 1.807) is 13.8 Å². The zero-order valence-corrected chi connectivity index (χ0v) is 16.1. The second-order valence-electron chi connectivity index (χ2n) is 6.17. The lowest BCUT2D eigenvalue weighted by molar-refractivity contribution is 0.0531. The van der Waals surface area contributed by atoms with Gasteiger partial charge in [-0.25, -0.2) is 28.1 Å². The van der Waals surface area contributed by atoms with Crippen LogP contribution in [0.1, 0.15) is 45.8 Å². The highest BCUT2D eigenvalue weighted by atomic mass is 32.1. The number of carbonyl (C=O) groups excluding carboxylic acids is 1. The van der Waals surface area contributed by atoms with E-state index in [9.17, 15) is 13.6 Å². The summed E-state index contributed by atoms with van der Waals surface area (Å²) in [5.41, 5.74) is 1.58. The standard InChI is InChI=1S/C17H16F2N6O2S/c1-4-27-17(26)13-9(3)12-15-21-11(23-25(15)7-20-16(12)28-13)6-24-8(2)5-10(22-24)14(18)19/h5,7,14H,4,6H2,1-3H3. The summed E-state index contributed by atoms with van der Waals surface area (Å²) in [4.78, 5) is 22.2. The smallest absolute Gasteiger partial charge is 0.348 e. The molecule has 0 aliphatic rings. The fourth-order valence-electron chi connectivity index (χ4n) is 2.97. The average Bonchev–Trinajstić information content (AvgIpc) is 3.31. The van der Waals surface area contributed by atoms with Crippen LogP contribution in [0.3, 0.4) is 0 Å². The Kier molecular flexibility index (Phi) is 4.53. The number of rotatable bonds is 5. The highest BCUT2D eigenvalue weighted by Gasteiger charge is 2.21. The number of alkyl halides is 2. The molecule has 4 aromatic rings. The van der Waals surface area contributed by atoms with E-state index >= 15 is 0 Å². The fourth-order valence-corrected chi connectivity index (χ4v) is 4.01. The molecule has 0 aromatic carbocycles. The molecule has 0 atom stereocenters. The van der Waals surface area contributed by atoms with Gasteiger partial charge in [-0.15, -0.1) is 16.4 Å². The van der Waals surface area contributed by atoms with Gasteiger partial charge in [0.05, 0.1) is 12.0 Å². The third-order valence-electron chi connectivity index (χ3n) is 4.29. The van der Waals surface area contributed by atoms with Crippen LogP contribution >= 0.6 is 11.3 Å². The first-order valence-electron chi connectivity index (χ1n) is 8.52. The first kappa shape index (κ1) is 18.4. The number of carbonyl (C=O) groups is 1. The molecule has 0 saturated carbocycles. The van der Waals surface area contributed by atoms with Crippen LogP contribution in [-0.4, -0.2) is 41.9 Å². The maximum Gasteiger partial charge on any atom is 0.348 e. The van der Waals surface area contributed by atoms with Crippen LogP contribution in [0.2, 0.25) is 0 Å². The largest absolute Gasteiger partial charge is 0.462 e. The Bertz CT molecular complexity index is 1200. The van der Waals surface area contributed by atoms with Crippen molar-refractivity contribution >= 4 is 33.2 Å². The molecule has 11 heteroatoms. The number of ether oxygens (including phenoxy) is 1. The number of hydrogen-bond donors (Lipinski definition) is 0. The molecule has 146 valence electrons. The lowest BCUT2D eigenvalue weighted by atomic mass is 10.2. The number of nitrogens with zero attached hydrogens (tertiary/aromatic N) is 6. The predicted octanol–water partition coefficient (Wildman–Crippen LogP) is 3.31. The van der Waals surface area contributed by atoms with E-state index in [0.717, 1.165) is 10.9 Å². The fraction of sp³-hybridized carbons (Fsp3) is 0.353. The monoisotopic (exact) mass is 406 g/mol. The zero-order valence-electron chi connectivity index (χ0n) is 15.3. The molecule has 0 spiro atoms. The van der Waals surface area contributed by atoms with Gasteiger partial charge in [-0.1, -0.05) is 0 Å². The summed E-state index contributed by atoms with van der Waals surface area (Å²) in [5, 5.41) is 9.00.